The van der Waals surface area contributed by atoms with Crippen molar-refractivity contribution in [2.45, 2.75) is 78.4 Å². The van der Waals surface area contributed by atoms with E-state index in [4.69, 9.17) is 4.74 Å². The molecule has 0 atom stereocenters. The Morgan fingerprint density at radius 2 is 1.73 bits per heavy atom. The lowest BCUT2D eigenvalue weighted by atomic mass is 9.94. The lowest BCUT2D eigenvalue weighted by Crippen LogP contribution is -2.40. The number of ether oxygens (including phenoxy) is 1. The summed E-state index contributed by atoms with van der Waals surface area (Å²) < 4.78 is 38.0. The summed E-state index contributed by atoms with van der Waals surface area (Å²) in [6.45, 7) is 11.7. The Hall–Kier alpha value is -2.84. The maximum absolute atomic E-state index is 15.3. The average molecular weight is 555 g/mol. The fourth-order valence-corrected chi connectivity index (χ4v) is 5.74. The monoisotopic (exact) mass is 554 g/mol. The number of pyridine rings is 2. The van der Waals surface area contributed by atoms with Crippen molar-refractivity contribution in [3.05, 3.63) is 58.8 Å². The molecule has 1 N–H and O–H groups in total. The first kappa shape index (κ1) is 30.1. The highest BCUT2D eigenvalue weighted by Gasteiger charge is 2.25. The molecule has 40 heavy (non-hydrogen) atoms. The van der Waals surface area contributed by atoms with Crippen LogP contribution in [-0.2, 0) is 6.54 Å². The predicted molar refractivity (Wildman–Crippen MR) is 158 cm³/mol. The fourth-order valence-electron chi connectivity index (χ4n) is 5.74. The highest BCUT2D eigenvalue weighted by atomic mass is 19.1. The van der Waals surface area contributed by atoms with Crippen LogP contribution >= 0.6 is 0 Å². The van der Waals surface area contributed by atoms with Crippen LogP contribution < -0.4 is 15.6 Å². The van der Waals surface area contributed by atoms with E-state index in [1.165, 1.54) is 37.6 Å². The number of hydrogen-bond donors (Lipinski definition) is 1. The van der Waals surface area contributed by atoms with Crippen LogP contribution in [0, 0.1) is 17.6 Å². The standard InChI is InChI=1S/C30H38F2N4O2.C2H6/c1-2-3-13-36-20-26(24-6-12-34-19-25(24)30(36)37)22-17-27(31)29(28(32)18-22)38-23-8-15-35(16-9-23)14-7-21-4-10-33-11-5-21;1-2/h6,12,17-21,23,33H,2-5,7-11,13-16H2,1H3;1-2H3. The van der Waals surface area contributed by atoms with Crippen LogP contribution in [0.15, 0.2) is 41.6 Å². The normalized spacial score (nSPS) is 17.0. The third-order valence-electron chi connectivity index (χ3n) is 8.08. The summed E-state index contributed by atoms with van der Waals surface area (Å²) in [6.07, 6.45) is 11.6. The van der Waals surface area contributed by atoms with Crippen LogP contribution in [0.25, 0.3) is 21.9 Å². The van der Waals surface area contributed by atoms with Crippen LogP contribution in [0.2, 0.25) is 0 Å². The van der Waals surface area contributed by atoms with Gasteiger partial charge in [0.05, 0.1) is 5.39 Å². The Labute approximate surface area is 236 Å². The number of piperidine rings is 2. The van der Waals surface area contributed by atoms with Crippen molar-refractivity contribution in [2.75, 3.05) is 32.7 Å². The molecule has 2 aromatic heterocycles. The number of likely N-dealkylation sites (tertiary alicyclic amines) is 1. The van der Waals surface area contributed by atoms with Gasteiger partial charge in [0.2, 0.25) is 0 Å². The first-order chi connectivity index (χ1) is 19.5. The van der Waals surface area contributed by atoms with Gasteiger partial charge in [-0.15, -0.1) is 0 Å². The van der Waals surface area contributed by atoms with E-state index in [2.05, 4.69) is 22.1 Å². The summed E-state index contributed by atoms with van der Waals surface area (Å²) in [5.41, 5.74) is 0.833. The zero-order valence-corrected chi connectivity index (χ0v) is 24.2. The molecule has 2 saturated heterocycles. The van der Waals surface area contributed by atoms with Gasteiger partial charge in [0.25, 0.3) is 5.56 Å². The van der Waals surface area contributed by atoms with Crippen molar-refractivity contribution in [1.82, 2.24) is 19.8 Å². The Balaban J connectivity index is 0.00000181. The Bertz CT molecular complexity index is 1270. The molecule has 0 aliphatic carbocycles. The highest BCUT2D eigenvalue weighted by Crippen LogP contribution is 2.33. The number of nitrogens with one attached hydrogen (secondary N) is 1. The molecular formula is C32H44F2N4O2. The third-order valence-corrected chi connectivity index (χ3v) is 8.08. The Morgan fingerprint density at radius 3 is 2.40 bits per heavy atom. The van der Waals surface area contributed by atoms with Gasteiger partial charge >= 0.3 is 0 Å². The molecular weight excluding hydrogens is 510 g/mol. The van der Waals surface area contributed by atoms with Crippen LogP contribution in [-0.4, -0.2) is 53.3 Å². The number of benzene rings is 1. The predicted octanol–water partition coefficient (Wildman–Crippen LogP) is 6.40. The van der Waals surface area contributed by atoms with Gasteiger partial charge in [0.15, 0.2) is 17.4 Å². The average Bonchev–Trinajstić information content (AvgIpc) is 3.00. The summed E-state index contributed by atoms with van der Waals surface area (Å²) in [5.74, 6) is -0.956. The first-order valence-corrected chi connectivity index (χ1v) is 15.1. The molecule has 3 aromatic rings. The van der Waals surface area contributed by atoms with Crippen LogP contribution in [0.1, 0.15) is 65.7 Å². The van der Waals surface area contributed by atoms with Crippen molar-refractivity contribution in [1.29, 1.82) is 0 Å². The van der Waals surface area contributed by atoms with Crippen LogP contribution in [0.5, 0.6) is 5.75 Å². The van der Waals surface area contributed by atoms with Gasteiger partial charge in [0, 0.05) is 43.8 Å². The molecule has 4 heterocycles. The number of unbranched alkanes of at least 4 members (excludes halogenated alkanes) is 1. The summed E-state index contributed by atoms with van der Waals surface area (Å²) in [6, 6.07) is 4.35. The summed E-state index contributed by atoms with van der Waals surface area (Å²) in [7, 11) is 0. The van der Waals surface area contributed by atoms with E-state index in [9.17, 15) is 4.79 Å². The van der Waals surface area contributed by atoms with Crippen molar-refractivity contribution in [3.8, 4) is 16.9 Å². The lowest BCUT2D eigenvalue weighted by molar-refractivity contribution is 0.0893. The molecule has 5 rings (SSSR count). The molecule has 6 nitrogen and oxygen atoms in total. The number of halogens is 2. The van der Waals surface area contributed by atoms with Crippen molar-refractivity contribution >= 4 is 10.8 Å². The van der Waals surface area contributed by atoms with Crippen LogP contribution in [0.4, 0.5) is 8.78 Å². The fraction of sp³-hybridized carbons (Fsp3) is 0.562. The number of aromatic nitrogens is 2. The van der Waals surface area contributed by atoms with E-state index < -0.39 is 11.6 Å². The zero-order valence-electron chi connectivity index (χ0n) is 24.2. The van der Waals surface area contributed by atoms with Gasteiger partial charge in [0.1, 0.15) is 6.10 Å². The van der Waals surface area contributed by atoms with Gasteiger partial charge < -0.3 is 19.5 Å². The SMILES string of the molecule is CC.CCCCn1cc(-c2cc(F)c(OC3CCN(CCC4CCNCC4)CC3)c(F)c2)c2ccncc2c1=O. The van der Waals surface area contributed by atoms with Gasteiger partial charge in [-0.25, -0.2) is 8.78 Å². The van der Waals surface area contributed by atoms with Crippen molar-refractivity contribution < 1.29 is 13.5 Å². The second kappa shape index (κ2) is 14.7. The van der Waals surface area contributed by atoms with Gasteiger partial charge in [-0.3, -0.25) is 9.78 Å². The summed E-state index contributed by atoms with van der Waals surface area (Å²) in [4.78, 5) is 19.5. The molecule has 2 fully saturated rings. The first-order valence-electron chi connectivity index (χ1n) is 15.1. The quantitative estimate of drug-likeness (QED) is 0.332. The number of rotatable bonds is 9. The zero-order chi connectivity index (χ0) is 28.5. The van der Waals surface area contributed by atoms with Gasteiger partial charge in [-0.1, -0.05) is 27.2 Å². The number of nitrogens with zero attached hydrogens (tertiary/aromatic N) is 3. The molecule has 0 spiro atoms. The van der Waals surface area contributed by atoms with E-state index in [0.29, 0.717) is 28.4 Å². The molecule has 8 heteroatoms. The van der Waals surface area contributed by atoms with E-state index in [-0.39, 0.29) is 17.4 Å². The minimum absolute atomic E-state index is 0.145. The largest absolute Gasteiger partial charge is 0.484 e. The molecule has 0 unspecified atom stereocenters. The summed E-state index contributed by atoms with van der Waals surface area (Å²) in [5, 5.41) is 4.48. The number of aryl methyl sites for hydroxylation is 1. The van der Waals surface area contributed by atoms with E-state index >= 15 is 8.78 Å². The second-order valence-electron chi connectivity index (χ2n) is 10.7. The minimum atomic E-state index is -0.721. The van der Waals surface area contributed by atoms with Crippen molar-refractivity contribution in [2.24, 2.45) is 5.92 Å². The maximum atomic E-state index is 15.3. The minimum Gasteiger partial charge on any atom is -0.484 e. The van der Waals surface area contributed by atoms with Gasteiger partial charge in [-0.2, -0.15) is 0 Å². The molecule has 0 radical (unpaired) electrons. The van der Waals surface area contributed by atoms with E-state index in [1.807, 2.05) is 13.8 Å². The van der Waals surface area contributed by atoms with E-state index in [0.717, 1.165) is 64.3 Å². The lowest BCUT2D eigenvalue weighted by Gasteiger charge is -2.33. The summed E-state index contributed by atoms with van der Waals surface area (Å²) >= 11 is 0. The smallest absolute Gasteiger partial charge is 0.260 e. The molecule has 1 aromatic carbocycles. The number of fused-ring (bicyclic) bond motifs is 1. The topological polar surface area (TPSA) is 59.4 Å². The van der Waals surface area contributed by atoms with Crippen LogP contribution in [0.3, 0.4) is 0 Å². The molecule has 0 saturated carbocycles. The molecule has 218 valence electrons. The Kier molecular flexibility index (Phi) is 11.1. The molecule has 2 aliphatic heterocycles. The third kappa shape index (κ3) is 7.26. The number of hydrogen-bond acceptors (Lipinski definition) is 5. The maximum Gasteiger partial charge on any atom is 0.260 e. The van der Waals surface area contributed by atoms with Crippen molar-refractivity contribution in [3.63, 3.8) is 0 Å². The van der Waals surface area contributed by atoms with E-state index in [1.54, 1.807) is 23.0 Å². The second-order valence-corrected chi connectivity index (χ2v) is 10.7. The molecule has 0 amide bonds. The Morgan fingerprint density at radius 1 is 1.02 bits per heavy atom. The highest BCUT2D eigenvalue weighted by molar-refractivity contribution is 5.95. The molecule has 0 bridgehead atoms. The molecule has 2 aliphatic rings. The van der Waals surface area contributed by atoms with Gasteiger partial charge in [-0.05, 0) is 93.2 Å².